The first kappa shape index (κ1) is 15.2. The summed E-state index contributed by atoms with van der Waals surface area (Å²) in [6.07, 6.45) is 0.971. The molecule has 0 aliphatic carbocycles. The Morgan fingerprint density at radius 2 is 1.90 bits per heavy atom. The van der Waals surface area contributed by atoms with Gasteiger partial charge in [-0.1, -0.05) is 46.6 Å². The summed E-state index contributed by atoms with van der Waals surface area (Å²) in [6, 6.07) is 14.2. The second-order valence-electron chi connectivity index (χ2n) is 4.50. The van der Waals surface area contributed by atoms with E-state index in [4.69, 9.17) is 16.3 Å². The summed E-state index contributed by atoms with van der Waals surface area (Å²) in [5.74, 6) is 0.866. The Kier molecular flexibility index (Phi) is 5.32. The largest absolute Gasteiger partial charge is 0.497 e. The molecule has 0 saturated heterocycles. The van der Waals surface area contributed by atoms with Gasteiger partial charge in [0.2, 0.25) is 0 Å². The van der Waals surface area contributed by atoms with Crippen LogP contribution in [-0.4, -0.2) is 7.11 Å². The molecule has 2 rings (SSSR count). The molecule has 0 radical (unpaired) electrons. The number of halogens is 2. The first-order chi connectivity index (χ1) is 9.63. The average Bonchev–Trinajstić information content (AvgIpc) is 2.47. The van der Waals surface area contributed by atoms with Crippen molar-refractivity contribution in [3.8, 4) is 5.75 Å². The lowest BCUT2D eigenvalue weighted by Gasteiger charge is -2.20. The number of rotatable bonds is 5. The normalized spacial score (nSPS) is 12.0. The van der Waals surface area contributed by atoms with Crippen LogP contribution in [-0.2, 0) is 0 Å². The van der Waals surface area contributed by atoms with Crippen molar-refractivity contribution in [2.45, 2.75) is 19.4 Å². The van der Waals surface area contributed by atoms with Gasteiger partial charge in [-0.3, -0.25) is 0 Å². The lowest BCUT2D eigenvalue weighted by atomic mass is 10.0. The lowest BCUT2D eigenvalue weighted by molar-refractivity contribution is 0.414. The monoisotopic (exact) mass is 353 g/mol. The van der Waals surface area contributed by atoms with Gasteiger partial charge in [0.1, 0.15) is 5.75 Å². The van der Waals surface area contributed by atoms with Crippen LogP contribution in [0.3, 0.4) is 0 Å². The second kappa shape index (κ2) is 7.00. The van der Waals surface area contributed by atoms with E-state index in [1.807, 2.05) is 30.3 Å². The van der Waals surface area contributed by atoms with E-state index in [0.717, 1.165) is 22.3 Å². The molecule has 0 aliphatic rings. The van der Waals surface area contributed by atoms with E-state index in [1.165, 1.54) is 5.56 Å². The summed E-state index contributed by atoms with van der Waals surface area (Å²) in [6.45, 7) is 2.15. The highest BCUT2D eigenvalue weighted by Gasteiger charge is 2.11. The summed E-state index contributed by atoms with van der Waals surface area (Å²) in [4.78, 5) is 0. The van der Waals surface area contributed by atoms with Gasteiger partial charge in [0, 0.05) is 4.47 Å². The first-order valence-corrected chi connectivity index (χ1v) is 7.66. The fourth-order valence-corrected chi connectivity index (χ4v) is 2.78. The maximum atomic E-state index is 6.25. The van der Waals surface area contributed by atoms with Crippen LogP contribution in [0.2, 0.25) is 5.02 Å². The highest BCUT2D eigenvalue weighted by atomic mass is 79.9. The number of hydrogen-bond acceptors (Lipinski definition) is 2. The van der Waals surface area contributed by atoms with Crippen molar-refractivity contribution in [3.63, 3.8) is 0 Å². The van der Waals surface area contributed by atoms with E-state index in [1.54, 1.807) is 7.11 Å². The summed E-state index contributed by atoms with van der Waals surface area (Å²) in [7, 11) is 1.67. The molecule has 1 atom stereocenters. The number of methoxy groups -OCH3 is 1. The Hall–Kier alpha value is -1.19. The van der Waals surface area contributed by atoms with Crippen LogP contribution in [0.5, 0.6) is 5.75 Å². The third kappa shape index (κ3) is 3.68. The van der Waals surface area contributed by atoms with Crippen molar-refractivity contribution in [1.29, 1.82) is 0 Å². The number of anilines is 1. The zero-order valence-electron chi connectivity index (χ0n) is 11.5. The molecule has 0 bridgehead atoms. The van der Waals surface area contributed by atoms with Gasteiger partial charge in [-0.25, -0.2) is 0 Å². The molecule has 2 aromatic rings. The van der Waals surface area contributed by atoms with Crippen LogP contribution in [0.1, 0.15) is 24.9 Å². The van der Waals surface area contributed by atoms with Gasteiger partial charge in [-0.2, -0.15) is 0 Å². The predicted octanol–water partition coefficient (Wildman–Crippen LogP) is 5.67. The molecule has 2 nitrogen and oxygen atoms in total. The van der Waals surface area contributed by atoms with Crippen LogP contribution < -0.4 is 10.1 Å². The van der Waals surface area contributed by atoms with Gasteiger partial charge in [-0.15, -0.1) is 0 Å². The van der Waals surface area contributed by atoms with Gasteiger partial charge in [0.05, 0.1) is 23.9 Å². The molecule has 0 saturated carbocycles. The number of ether oxygens (including phenoxy) is 1. The Balaban J connectivity index is 2.19. The molecule has 0 fully saturated rings. The maximum absolute atomic E-state index is 6.25. The van der Waals surface area contributed by atoms with E-state index in [0.29, 0.717) is 5.02 Å². The standard InChI is InChI=1S/C16H17BrClNO/c1-3-15(11-4-7-13(20-2)8-5-11)19-16-9-6-12(17)10-14(16)18/h4-10,15,19H,3H2,1-2H3. The zero-order chi connectivity index (χ0) is 14.5. The summed E-state index contributed by atoms with van der Waals surface area (Å²) in [5.41, 5.74) is 2.16. The van der Waals surface area contributed by atoms with Crippen molar-refractivity contribution >= 4 is 33.2 Å². The molecular weight excluding hydrogens is 338 g/mol. The van der Waals surface area contributed by atoms with Crippen LogP contribution in [0, 0.1) is 0 Å². The third-order valence-electron chi connectivity index (χ3n) is 3.19. The van der Waals surface area contributed by atoms with Crippen LogP contribution in [0.25, 0.3) is 0 Å². The molecule has 0 aliphatic heterocycles. The highest BCUT2D eigenvalue weighted by molar-refractivity contribution is 9.10. The topological polar surface area (TPSA) is 21.3 Å². The molecule has 0 amide bonds. The molecular formula is C16H17BrClNO. The molecule has 0 spiro atoms. The molecule has 1 unspecified atom stereocenters. The molecule has 0 aromatic heterocycles. The molecule has 20 heavy (non-hydrogen) atoms. The van der Waals surface area contributed by atoms with Gasteiger partial charge in [0.25, 0.3) is 0 Å². The minimum absolute atomic E-state index is 0.222. The quantitative estimate of drug-likeness (QED) is 0.746. The minimum atomic E-state index is 0.222. The number of benzene rings is 2. The van der Waals surface area contributed by atoms with Crippen molar-refractivity contribution in [2.75, 3.05) is 12.4 Å². The number of nitrogens with one attached hydrogen (secondary N) is 1. The number of hydrogen-bond donors (Lipinski definition) is 1. The Labute approximate surface area is 133 Å². The maximum Gasteiger partial charge on any atom is 0.118 e. The summed E-state index contributed by atoms with van der Waals surface area (Å²) in [5, 5.41) is 4.20. The fourth-order valence-electron chi connectivity index (χ4n) is 2.05. The Morgan fingerprint density at radius 1 is 1.20 bits per heavy atom. The van der Waals surface area contributed by atoms with Crippen LogP contribution >= 0.6 is 27.5 Å². The molecule has 0 heterocycles. The SMILES string of the molecule is CCC(Nc1ccc(Br)cc1Cl)c1ccc(OC)cc1. The van der Waals surface area contributed by atoms with E-state index >= 15 is 0 Å². The van der Waals surface area contributed by atoms with E-state index in [2.05, 4.69) is 40.3 Å². The minimum Gasteiger partial charge on any atom is -0.497 e. The van der Waals surface area contributed by atoms with Gasteiger partial charge < -0.3 is 10.1 Å². The van der Waals surface area contributed by atoms with Gasteiger partial charge in [0.15, 0.2) is 0 Å². The third-order valence-corrected chi connectivity index (χ3v) is 3.99. The molecule has 1 N–H and O–H groups in total. The van der Waals surface area contributed by atoms with Crippen molar-refractivity contribution < 1.29 is 4.74 Å². The van der Waals surface area contributed by atoms with Crippen molar-refractivity contribution in [1.82, 2.24) is 0 Å². The summed E-state index contributed by atoms with van der Waals surface area (Å²) < 4.78 is 6.16. The first-order valence-electron chi connectivity index (χ1n) is 6.49. The highest BCUT2D eigenvalue weighted by Crippen LogP contribution is 2.30. The molecule has 2 aromatic carbocycles. The average molecular weight is 355 g/mol. The van der Waals surface area contributed by atoms with Crippen LogP contribution in [0.4, 0.5) is 5.69 Å². The van der Waals surface area contributed by atoms with E-state index in [9.17, 15) is 0 Å². The van der Waals surface area contributed by atoms with Gasteiger partial charge >= 0.3 is 0 Å². The van der Waals surface area contributed by atoms with Crippen molar-refractivity contribution in [2.24, 2.45) is 0 Å². The van der Waals surface area contributed by atoms with E-state index in [-0.39, 0.29) is 6.04 Å². The fraction of sp³-hybridized carbons (Fsp3) is 0.250. The summed E-state index contributed by atoms with van der Waals surface area (Å²) >= 11 is 9.67. The smallest absolute Gasteiger partial charge is 0.118 e. The lowest BCUT2D eigenvalue weighted by Crippen LogP contribution is -2.09. The second-order valence-corrected chi connectivity index (χ2v) is 5.83. The molecule has 106 valence electrons. The van der Waals surface area contributed by atoms with Crippen molar-refractivity contribution in [3.05, 3.63) is 57.5 Å². The zero-order valence-corrected chi connectivity index (χ0v) is 13.8. The molecule has 4 heteroatoms. The van der Waals surface area contributed by atoms with E-state index < -0.39 is 0 Å². The van der Waals surface area contributed by atoms with Gasteiger partial charge in [-0.05, 0) is 42.3 Å². The Morgan fingerprint density at radius 3 is 2.45 bits per heavy atom. The Bertz CT molecular complexity index is 571. The van der Waals surface area contributed by atoms with Crippen LogP contribution in [0.15, 0.2) is 46.9 Å². The predicted molar refractivity (Wildman–Crippen MR) is 88.8 cm³/mol.